The van der Waals surface area contributed by atoms with Gasteiger partial charge in [-0.25, -0.2) is 14.7 Å². The first-order valence-corrected chi connectivity index (χ1v) is 10.3. The molecule has 28 heavy (non-hydrogen) atoms. The minimum absolute atomic E-state index is 0.0741. The number of rotatable bonds is 3. The summed E-state index contributed by atoms with van der Waals surface area (Å²) >= 11 is 1.63. The van der Waals surface area contributed by atoms with Crippen LogP contribution in [0.25, 0.3) is 11.0 Å². The van der Waals surface area contributed by atoms with E-state index in [-0.39, 0.29) is 11.9 Å². The molecule has 6 nitrogen and oxygen atoms in total. The number of aliphatic imine (C=N–C) groups is 1. The van der Waals surface area contributed by atoms with Crippen LogP contribution in [0.2, 0.25) is 0 Å². The van der Waals surface area contributed by atoms with Crippen LogP contribution in [0.3, 0.4) is 0 Å². The first-order chi connectivity index (χ1) is 13.4. The number of amides is 1. The highest BCUT2D eigenvalue weighted by Crippen LogP contribution is 2.30. The van der Waals surface area contributed by atoms with E-state index in [0.717, 1.165) is 27.5 Å². The number of carbonyl (C=O) groups is 1. The SMILES string of the molecule is Cc1cccc(N=C2SC(C)CN2C(=O)c2cnc3c(cnn3C(C)C)c2)c1. The zero-order valence-corrected chi connectivity index (χ0v) is 17.3. The summed E-state index contributed by atoms with van der Waals surface area (Å²) in [5, 5.41) is 6.29. The van der Waals surface area contributed by atoms with E-state index < -0.39 is 0 Å². The molecule has 0 aliphatic carbocycles. The van der Waals surface area contributed by atoms with Gasteiger partial charge in [-0.3, -0.25) is 9.69 Å². The summed E-state index contributed by atoms with van der Waals surface area (Å²) in [5.74, 6) is -0.0741. The molecule has 1 unspecified atom stereocenters. The maximum Gasteiger partial charge on any atom is 0.261 e. The number of hydrogen-bond donors (Lipinski definition) is 0. The molecule has 0 radical (unpaired) electrons. The maximum absolute atomic E-state index is 13.2. The standard InChI is InChI=1S/C21H23N5OS/c1-13(2)26-19-16(11-23-26)9-17(10-22-19)20(27)25-12-15(4)28-21(25)24-18-7-5-6-14(3)8-18/h5-11,13,15H,12H2,1-4H3. The van der Waals surface area contributed by atoms with E-state index in [4.69, 9.17) is 4.99 Å². The first-order valence-electron chi connectivity index (χ1n) is 9.39. The molecule has 2 aromatic heterocycles. The van der Waals surface area contributed by atoms with Gasteiger partial charge in [0.25, 0.3) is 5.91 Å². The average molecular weight is 394 g/mol. The van der Waals surface area contributed by atoms with E-state index in [1.807, 2.05) is 41.9 Å². The van der Waals surface area contributed by atoms with Gasteiger partial charge in [0, 0.05) is 29.4 Å². The van der Waals surface area contributed by atoms with Gasteiger partial charge in [-0.2, -0.15) is 5.10 Å². The molecule has 1 aromatic carbocycles. The Kier molecular flexibility index (Phi) is 4.93. The number of pyridine rings is 1. The number of nitrogens with zero attached hydrogens (tertiary/aromatic N) is 5. The average Bonchev–Trinajstić information content (AvgIpc) is 3.24. The van der Waals surface area contributed by atoms with E-state index in [2.05, 4.69) is 30.9 Å². The molecule has 0 N–H and O–H groups in total. The van der Waals surface area contributed by atoms with Gasteiger partial charge < -0.3 is 0 Å². The van der Waals surface area contributed by atoms with Crippen molar-refractivity contribution >= 4 is 39.6 Å². The monoisotopic (exact) mass is 393 g/mol. The number of aryl methyl sites for hydroxylation is 1. The predicted molar refractivity (Wildman–Crippen MR) is 114 cm³/mol. The topological polar surface area (TPSA) is 63.4 Å². The van der Waals surface area contributed by atoms with Crippen molar-refractivity contribution in [2.45, 2.75) is 39.0 Å². The summed E-state index contributed by atoms with van der Waals surface area (Å²) in [4.78, 5) is 24.2. The molecular formula is C21H23N5OS. The van der Waals surface area contributed by atoms with Gasteiger partial charge in [0.15, 0.2) is 10.8 Å². The van der Waals surface area contributed by atoms with Crippen LogP contribution in [0.5, 0.6) is 0 Å². The zero-order chi connectivity index (χ0) is 19.8. The number of aromatic nitrogens is 3. The summed E-state index contributed by atoms with van der Waals surface area (Å²) in [6.07, 6.45) is 3.41. The molecule has 1 aliphatic rings. The Morgan fingerprint density at radius 2 is 2.11 bits per heavy atom. The Morgan fingerprint density at radius 3 is 2.86 bits per heavy atom. The number of carbonyl (C=O) groups excluding carboxylic acids is 1. The van der Waals surface area contributed by atoms with Crippen LogP contribution >= 0.6 is 11.8 Å². The Hall–Kier alpha value is -2.67. The van der Waals surface area contributed by atoms with Crippen LogP contribution in [-0.4, -0.2) is 42.5 Å². The molecular weight excluding hydrogens is 370 g/mol. The normalized spacial score (nSPS) is 18.5. The summed E-state index contributed by atoms with van der Waals surface area (Å²) in [6.45, 7) is 8.90. The zero-order valence-electron chi connectivity index (χ0n) is 16.5. The van der Waals surface area contributed by atoms with Gasteiger partial charge in [0.05, 0.1) is 17.4 Å². The highest BCUT2D eigenvalue weighted by atomic mass is 32.2. The minimum Gasteiger partial charge on any atom is -0.286 e. The largest absolute Gasteiger partial charge is 0.286 e. The lowest BCUT2D eigenvalue weighted by molar-refractivity contribution is 0.0855. The van der Waals surface area contributed by atoms with Crippen molar-refractivity contribution in [3.8, 4) is 0 Å². The molecule has 1 aliphatic heterocycles. The van der Waals surface area contributed by atoms with E-state index in [1.54, 1.807) is 29.1 Å². The molecule has 0 spiro atoms. The van der Waals surface area contributed by atoms with Crippen molar-refractivity contribution in [1.29, 1.82) is 0 Å². The number of amidine groups is 1. The third-order valence-electron chi connectivity index (χ3n) is 4.62. The Labute approximate surface area is 168 Å². The second-order valence-electron chi connectivity index (χ2n) is 7.40. The number of thioether (sulfide) groups is 1. The van der Waals surface area contributed by atoms with Gasteiger partial charge in [-0.15, -0.1) is 0 Å². The molecule has 7 heteroatoms. The lowest BCUT2D eigenvalue weighted by Crippen LogP contribution is -2.32. The fraction of sp³-hybridized carbons (Fsp3) is 0.333. The second kappa shape index (κ2) is 7.39. The smallest absolute Gasteiger partial charge is 0.261 e. The van der Waals surface area contributed by atoms with Crippen molar-refractivity contribution in [1.82, 2.24) is 19.7 Å². The molecule has 3 aromatic rings. The summed E-state index contributed by atoms with van der Waals surface area (Å²) in [5.41, 5.74) is 3.36. The number of fused-ring (bicyclic) bond motifs is 1. The van der Waals surface area contributed by atoms with Gasteiger partial charge in [-0.1, -0.05) is 30.8 Å². The third-order valence-corrected chi connectivity index (χ3v) is 5.69. The van der Waals surface area contributed by atoms with E-state index in [9.17, 15) is 4.79 Å². The summed E-state index contributed by atoms with van der Waals surface area (Å²) in [6, 6.07) is 10.1. The molecule has 1 fully saturated rings. The number of benzene rings is 1. The molecule has 144 valence electrons. The molecule has 0 bridgehead atoms. The minimum atomic E-state index is -0.0741. The van der Waals surface area contributed by atoms with Gasteiger partial charge in [-0.05, 0) is 44.5 Å². The quantitative estimate of drug-likeness (QED) is 0.653. The Bertz CT molecular complexity index is 1070. The first kappa shape index (κ1) is 18.7. The van der Waals surface area contributed by atoms with Gasteiger partial charge >= 0.3 is 0 Å². The molecule has 1 atom stereocenters. The van der Waals surface area contributed by atoms with Crippen LogP contribution in [0.15, 0.2) is 47.7 Å². The van der Waals surface area contributed by atoms with Crippen molar-refractivity contribution in [3.05, 3.63) is 53.9 Å². The summed E-state index contributed by atoms with van der Waals surface area (Å²) in [7, 11) is 0. The lowest BCUT2D eigenvalue weighted by Gasteiger charge is -2.16. The fourth-order valence-electron chi connectivity index (χ4n) is 3.27. The predicted octanol–water partition coefficient (Wildman–Crippen LogP) is 4.59. The molecule has 3 heterocycles. The number of hydrogen-bond acceptors (Lipinski definition) is 5. The third kappa shape index (κ3) is 3.54. The van der Waals surface area contributed by atoms with Crippen LogP contribution in [0.4, 0.5) is 5.69 Å². The van der Waals surface area contributed by atoms with Gasteiger partial charge in [0.2, 0.25) is 0 Å². The van der Waals surface area contributed by atoms with Crippen LogP contribution in [-0.2, 0) is 0 Å². The summed E-state index contributed by atoms with van der Waals surface area (Å²) < 4.78 is 1.86. The van der Waals surface area contributed by atoms with E-state index in [1.165, 1.54) is 0 Å². The van der Waals surface area contributed by atoms with E-state index in [0.29, 0.717) is 17.4 Å². The highest BCUT2D eigenvalue weighted by Gasteiger charge is 2.31. The lowest BCUT2D eigenvalue weighted by atomic mass is 10.2. The van der Waals surface area contributed by atoms with Crippen LogP contribution < -0.4 is 0 Å². The van der Waals surface area contributed by atoms with Crippen LogP contribution in [0, 0.1) is 6.92 Å². The van der Waals surface area contributed by atoms with Crippen molar-refractivity contribution < 1.29 is 4.79 Å². The Morgan fingerprint density at radius 1 is 1.29 bits per heavy atom. The van der Waals surface area contributed by atoms with Crippen molar-refractivity contribution in [2.24, 2.45) is 4.99 Å². The van der Waals surface area contributed by atoms with Crippen molar-refractivity contribution in [3.63, 3.8) is 0 Å². The molecule has 4 rings (SSSR count). The molecule has 0 saturated carbocycles. The van der Waals surface area contributed by atoms with Gasteiger partial charge in [0.1, 0.15) is 0 Å². The Balaban J connectivity index is 1.66. The highest BCUT2D eigenvalue weighted by molar-refractivity contribution is 8.14. The van der Waals surface area contributed by atoms with Crippen molar-refractivity contribution in [2.75, 3.05) is 6.54 Å². The fourth-order valence-corrected chi connectivity index (χ4v) is 4.30. The van der Waals surface area contributed by atoms with Crippen LogP contribution in [0.1, 0.15) is 42.7 Å². The van der Waals surface area contributed by atoms with E-state index >= 15 is 0 Å². The second-order valence-corrected chi connectivity index (χ2v) is 8.80. The molecule has 1 amide bonds. The molecule has 1 saturated heterocycles. The maximum atomic E-state index is 13.2.